The van der Waals surface area contributed by atoms with Crippen LogP contribution in [-0.4, -0.2) is 9.54 Å². The summed E-state index contributed by atoms with van der Waals surface area (Å²) >= 11 is -0.798. The first-order valence-corrected chi connectivity index (χ1v) is 7.89. The molecule has 0 spiro atoms. The lowest BCUT2D eigenvalue weighted by Gasteiger charge is -2.02. The van der Waals surface area contributed by atoms with Crippen LogP contribution in [0.25, 0.3) is 10.9 Å². The molecule has 1 unspecified atom stereocenters. The van der Waals surface area contributed by atoms with Gasteiger partial charge in [0.15, 0.2) is 21.8 Å². The molecule has 100 valence electrons. The van der Waals surface area contributed by atoms with E-state index in [1.54, 1.807) is 0 Å². The van der Waals surface area contributed by atoms with E-state index in [1.807, 2.05) is 61.5 Å². The summed E-state index contributed by atoms with van der Waals surface area (Å²) < 4.78 is 10.3. The summed E-state index contributed by atoms with van der Waals surface area (Å²) in [5.74, 6) is 0.563. The maximum atomic E-state index is 10.3. The Bertz CT molecular complexity index is 724. The van der Waals surface area contributed by atoms with E-state index in [-0.39, 0.29) is 0 Å². The number of benzene rings is 2. The van der Waals surface area contributed by atoms with Crippen LogP contribution in [0.5, 0.6) is 0 Å². The Kier molecular flexibility index (Phi) is 3.72. The van der Waals surface area contributed by atoms with Gasteiger partial charge in [-0.2, -0.15) is 4.55 Å². The van der Waals surface area contributed by atoms with Gasteiger partial charge in [0, 0.05) is 5.39 Å². The van der Waals surface area contributed by atoms with Gasteiger partial charge in [-0.05, 0) is 31.2 Å². The summed E-state index contributed by atoms with van der Waals surface area (Å²) in [5, 5.41) is 1.13. The van der Waals surface area contributed by atoms with Crippen molar-refractivity contribution in [2.24, 2.45) is 0 Å². The largest absolute Gasteiger partial charge is 0.248 e. The first-order valence-electron chi connectivity index (χ1n) is 6.54. The summed E-state index contributed by atoms with van der Waals surface area (Å²) in [6.07, 6.45) is 0. The zero-order valence-corrected chi connectivity index (χ0v) is 12.1. The van der Waals surface area contributed by atoms with E-state index in [1.165, 1.54) is 5.56 Å². The monoisotopic (exact) mass is 282 g/mol. The Morgan fingerprint density at radius 1 is 0.950 bits per heavy atom. The van der Waals surface area contributed by atoms with Gasteiger partial charge in [-0.15, -0.1) is 0 Å². The molecule has 3 heteroatoms. The molecular weight excluding hydrogens is 266 g/mol. The second-order valence-corrected chi connectivity index (χ2v) is 6.31. The Hall–Kier alpha value is -1.84. The first kappa shape index (κ1) is 13.2. The van der Waals surface area contributed by atoms with Crippen LogP contribution in [0, 0.1) is 6.92 Å². The highest BCUT2D eigenvalue weighted by Gasteiger charge is 2.20. The van der Waals surface area contributed by atoms with Crippen molar-refractivity contribution in [2.45, 2.75) is 17.6 Å². The number of hydrogen-bond donors (Lipinski definition) is 1. The highest BCUT2D eigenvalue weighted by Crippen LogP contribution is 2.18. The van der Waals surface area contributed by atoms with E-state index in [0.717, 1.165) is 21.5 Å². The molecule has 1 atom stereocenters. The number of aryl methyl sites for hydroxylation is 1. The summed E-state index contributed by atoms with van der Waals surface area (Å²) in [5.41, 5.74) is 3.11. The third-order valence-electron chi connectivity index (χ3n) is 3.23. The minimum absolute atomic E-state index is 0.563. The van der Waals surface area contributed by atoms with Crippen molar-refractivity contribution in [1.29, 1.82) is 0 Å². The molecule has 0 fully saturated rings. The van der Waals surface area contributed by atoms with Crippen molar-refractivity contribution in [3.05, 3.63) is 71.9 Å². The molecule has 3 rings (SSSR count). The molecule has 2 nitrogen and oxygen atoms in total. The molecule has 0 saturated heterocycles. The van der Waals surface area contributed by atoms with E-state index < -0.39 is 11.2 Å². The molecule has 0 radical (unpaired) electrons. The zero-order chi connectivity index (χ0) is 13.9. The molecule has 1 aromatic heterocycles. The van der Waals surface area contributed by atoms with Crippen molar-refractivity contribution >= 4 is 22.1 Å². The SMILES string of the molecule is Cc1ccc([S+](O)Cc2ccc3ccccc3n2)cc1. The van der Waals surface area contributed by atoms with Crippen molar-refractivity contribution < 1.29 is 4.55 Å². The van der Waals surface area contributed by atoms with Crippen LogP contribution >= 0.6 is 0 Å². The third kappa shape index (κ3) is 2.84. The van der Waals surface area contributed by atoms with Crippen molar-refractivity contribution in [2.75, 3.05) is 0 Å². The van der Waals surface area contributed by atoms with E-state index in [2.05, 4.69) is 11.1 Å². The summed E-state index contributed by atoms with van der Waals surface area (Å²) in [6, 6.07) is 20.1. The number of rotatable bonds is 3. The van der Waals surface area contributed by atoms with Crippen LogP contribution in [-0.2, 0) is 16.9 Å². The smallest absolute Gasteiger partial charge is 0.190 e. The summed E-state index contributed by atoms with van der Waals surface area (Å²) in [7, 11) is 0. The molecular formula is C17H16NOS+. The average Bonchev–Trinajstić information content (AvgIpc) is 2.48. The highest BCUT2D eigenvalue weighted by atomic mass is 32.2. The van der Waals surface area contributed by atoms with Gasteiger partial charge < -0.3 is 0 Å². The van der Waals surface area contributed by atoms with Crippen LogP contribution in [0.1, 0.15) is 11.3 Å². The minimum Gasteiger partial charge on any atom is -0.248 e. The van der Waals surface area contributed by atoms with Crippen molar-refractivity contribution in [1.82, 2.24) is 4.98 Å². The fourth-order valence-electron chi connectivity index (χ4n) is 2.11. The Labute approximate surface area is 121 Å². The van der Waals surface area contributed by atoms with Gasteiger partial charge in [-0.25, -0.2) is 4.98 Å². The van der Waals surface area contributed by atoms with Crippen LogP contribution < -0.4 is 0 Å². The zero-order valence-electron chi connectivity index (χ0n) is 11.3. The van der Waals surface area contributed by atoms with E-state index in [4.69, 9.17) is 0 Å². The van der Waals surface area contributed by atoms with Crippen molar-refractivity contribution in [3.63, 3.8) is 0 Å². The third-order valence-corrected chi connectivity index (χ3v) is 4.62. The number of para-hydroxylation sites is 1. The number of nitrogens with zero attached hydrogens (tertiary/aromatic N) is 1. The van der Waals surface area contributed by atoms with Crippen LogP contribution in [0.15, 0.2) is 65.6 Å². The second kappa shape index (κ2) is 5.65. The van der Waals surface area contributed by atoms with E-state index in [0.29, 0.717) is 5.75 Å². The topological polar surface area (TPSA) is 33.1 Å². The average molecular weight is 282 g/mol. The minimum atomic E-state index is -0.798. The lowest BCUT2D eigenvalue weighted by Crippen LogP contribution is -2.06. The Morgan fingerprint density at radius 2 is 1.70 bits per heavy atom. The van der Waals surface area contributed by atoms with Gasteiger partial charge in [0.2, 0.25) is 0 Å². The fraction of sp³-hybridized carbons (Fsp3) is 0.118. The second-order valence-electron chi connectivity index (χ2n) is 4.82. The van der Waals surface area contributed by atoms with Gasteiger partial charge in [-0.1, -0.05) is 42.0 Å². The number of aromatic nitrogens is 1. The van der Waals surface area contributed by atoms with Gasteiger partial charge >= 0.3 is 0 Å². The quantitative estimate of drug-likeness (QED) is 0.731. The van der Waals surface area contributed by atoms with Gasteiger partial charge in [0.05, 0.1) is 11.2 Å². The molecule has 2 aromatic carbocycles. The maximum Gasteiger partial charge on any atom is 0.190 e. The predicted octanol–water partition coefficient (Wildman–Crippen LogP) is 4.19. The predicted molar refractivity (Wildman–Crippen MR) is 84.9 cm³/mol. The van der Waals surface area contributed by atoms with Crippen LogP contribution in [0.3, 0.4) is 0 Å². The molecule has 0 saturated carbocycles. The van der Waals surface area contributed by atoms with Crippen molar-refractivity contribution in [3.8, 4) is 0 Å². The first-order chi connectivity index (χ1) is 9.72. The molecule has 1 N–H and O–H groups in total. The number of pyridine rings is 1. The van der Waals surface area contributed by atoms with Crippen LogP contribution in [0.4, 0.5) is 0 Å². The Balaban J connectivity index is 1.83. The Morgan fingerprint density at radius 3 is 2.50 bits per heavy atom. The van der Waals surface area contributed by atoms with Gasteiger partial charge in [-0.3, -0.25) is 0 Å². The molecule has 0 aliphatic carbocycles. The standard InChI is InChI=1S/C17H16NOS/c1-13-6-10-16(11-7-13)20(19)12-15-9-8-14-4-2-3-5-17(14)18-15/h2-11,19H,12H2,1H3/q+1. The van der Waals surface area contributed by atoms with Gasteiger partial charge in [0.25, 0.3) is 0 Å². The highest BCUT2D eigenvalue weighted by molar-refractivity contribution is 7.90. The molecule has 0 aliphatic rings. The normalized spacial score (nSPS) is 12.5. The molecule has 0 bridgehead atoms. The number of fused-ring (bicyclic) bond motifs is 1. The number of hydrogen-bond acceptors (Lipinski definition) is 2. The van der Waals surface area contributed by atoms with E-state index in [9.17, 15) is 4.55 Å². The molecule has 20 heavy (non-hydrogen) atoms. The lowest BCUT2D eigenvalue weighted by molar-refractivity contribution is 0.637. The van der Waals surface area contributed by atoms with E-state index >= 15 is 0 Å². The molecule has 0 aliphatic heterocycles. The lowest BCUT2D eigenvalue weighted by atomic mass is 10.2. The summed E-state index contributed by atoms with van der Waals surface area (Å²) in [4.78, 5) is 5.57. The molecule has 3 aromatic rings. The maximum absolute atomic E-state index is 10.3. The summed E-state index contributed by atoms with van der Waals surface area (Å²) in [6.45, 7) is 2.05. The van der Waals surface area contributed by atoms with Crippen LogP contribution in [0.2, 0.25) is 0 Å². The fourth-order valence-corrected chi connectivity index (χ4v) is 3.17. The molecule has 1 heterocycles. The molecule has 0 amide bonds. The van der Waals surface area contributed by atoms with Gasteiger partial charge in [0.1, 0.15) is 0 Å².